The number of imidazole rings is 1. The summed E-state index contributed by atoms with van der Waals surface area (Å²) in [5.41, 5.74) is 3.59. The fraction of sp³-hybridized carbons (Fsp3) is 0.348. The maximum absolute atomic E-state index is 12.4. The highest BCUT2D eigenvalue weighted by Crippen LogP contribution is 2.27. The van der Waals surface area contributed by atoms with Gasteiger partial charge >= 0.3 is 0 Å². The molecule has 162 valence electrons. The van der Waals surface area contributed by atoms with Crippen LogP contribution < -0.4 is 5.32 Å². The van der Waals surface area contributed by atoms with E-state index in [4.69, 9.17) is 4.74 Å². The summed E-state index contributed by atoms with van der Waals surface area (Å²) in [7, 11) is 0. The number of nitrogens with one attached hydrogen (secondary N) is 2. The smallest absolute Gasteiger partial charge is 0.234 e. The van der Waals surface area contributed by atoms with Crippen LogP contribution in [-0.4, -0.2) is 58.7 Å². The van der Waals surface area contributed by atoms with Crippen LogP contribution >= 0.6 is 11.8 Å². The molecular weight excluding hydrogens is 412 g/mol. The lowest BCUT2D eigenvalue weighted by Gasteiger charge is -2.26. The Hall–Kier alpha value is -2.84. The zero-order valence-electron chi connectivity index (χ0n) is 17.5. The minimum atomic E-state index is -0.0647. The number of hydrogen-bond donors (Lipinski definition) is 2. The third kappa shape index (κ3) is 5.65. The number of hydrogen-bond acceptors (Lipinski definition) is 5. The fourth-order valence-corrected chi connectivity index (χ4v) is 4.19. The Morgan fingerprint density at radius 3 is 2.65 bits per heavy atom. The summed E-state index contributed by atoms with van der Waals surface area (Å²) in [4.78, 5) is 34.4. The Morgan fingerprint density at radius 2 is 1.90 bits per heavy atom. The Morgan fingerprint density at radius 1 is 1.16 bits per heavy atom. The summed E-state index contributed by atoms with van der Waals surface area (Å²) in [5, 5.41) is 2.99. The van der Waals surface area contributed by atoms with Crippen LogP contribution in [0.2, 0.25) is 0 Å². The molecule has 0 saturated carbocycles. The van der Waals surface area contributed by atoms with E-state index in [1.54, 1.807) is 0 Å². The van der Waals surface area contributed by atoms with Gasteiger partial charge in [-0.3, -0.25) is 9.59 Å². The van der Waals surface area contributed by atoms with Gasteiger partial charge in [0.1, 0.15) is 5.82 Å². The van der Waals surface area contributed by atoms with Crippen molar-refractivity contribution >= 4 is 40.3 Å². The lowest BCUT2D eigenvalue weighted by Crippen LogP contribution is -2.41. The van der Waals surface area contributed by atoms with E-state index in [0.717, 1.165) is 28.1 Å². The molecule has 1 unspecified atom stereocenters. The molecule has 7 nitrogen and oxygen atoms in total. The molecule has 1 aromatic heterocycles. The monoisotopic (exact) mass is 438 g/mol. The number of ether oxygens (including phenoxy) is 1. The highest BCUT2D eigenvalue weighted by Gasteiger charge is 2.17. The van der Waals surface area contributed by atoms with E-state index in [1.165, 1.54) is 11.8 Å². The molecule has 1 atom stereocenters. The van der Waals surface area contributed by atoms with E-state index >= 15 is 0 Å². The predicted molar refractivity (Wildman–Crippen MR) is 123 cm³/mol. The van der Waals surface area contributed by atoms with Crippen LogP contribution in [0.15, 0.2) is 48.5 Å². The summed E-state index contributed by atoms with van der Waals surface area (Å²) in [5.74, 6) is 1.24. The van der Waals surface area contributed by atoms with Crippen molar-refractivity contribution in [2.24, 2.45) is 0 Å². The maximum Gasteiger partial charge on any atom is 0.234 e. The molecule has 3 aromatic rings. The Labute approximate surface area is 185 Å². The van der Waals surface area contributed by atoms with Gasteiger partial charge in [0, 0.05) is 18.8 Å². The van der Waals surface area contributed by atoms with Gasteiger partial charge in [-0.2, -0.15) is 0 Å². The molecule has 0 aliphatic carbocycles. The molecule has 2 aromatic carbocycles. The van der Waals surface area contributed by atoms with E-state index in [0.29, 0.717) is 38.5 Å². The first-order chi connectivity index (χ1) is 15.1. The lowest BCUT2D eigenvalue weighted by atomic mass is 10.1. The number of aromatic nitrogens is 2. The average molecular weight is 439 g/mol. The van der Waals surface area contributed by atoms with Gasteiger partial charge in [0.15, 0.2) is 0 Å². The second-order valence-electron chi connectivity index (χ2n) is 7.51. The molecule has 0 bridgehead atoms. The fourth-order valence-electron chi connectivity index (χ4n) is 3.45. The molecular formula is C23H26N4O3S. The second-order valence-corrected chi connectivity index (χ2v) is 8.84. The maximum atomic E-state index is 12.4. The Bertz CT molecular complexity index is 1010. The average Bonchev–Trinajstić information content (AvgIpc) is 3.24. The normalized spacial score (nSPS) is 15.1. The first-order valence-electron chi connectivity index (χ1n) is 10.4. The van der Waals surface area contributed by atoms with Crippen LogP contribution in [0.4, 0.5) is 5.69 Å². The molecule has 2 heterocycles. The summed E-state index contributed by atoms with van der Waals surface area (Å²) in [6.45, 7) is 4.54. The highest BCUT2D eigenvalue weighted by atomic mass is 32.2. The Kier molecular flexibility index (Phi) is 6.89. The molecule has 0 spiro atoms. The van der Waals surface area contributed by atoms with Crippen molar-refractivity contribution in [3.05, 3.63) is 59.9 Å². The summed E-state index contributed by atoms with van der Waals surface area (Å²) < 4.78 is 5.29. The molecule has 1 aliphatic rings. The molecule has 1 saturated heterocycles. The van der Waals surface area contributed by atoms with Crippen LogP contribution in [0, 0.1) is 0 Å². The van der Waals surface area contributed by atoms with Crippen molar-refractivity contribution in [3.8, 4) is 0 Å². The minimum absolute atomic E-state index is 0.0647. The van der Waals surface area contributed by atoms with E-state index in [9.17, 15) is 9.59 Å². The third-order valence-corrected chi connectivity index (χ3v) is 6.37. The molecule has 8 heteroatoms. The van der Waals surface area contributed by atoms with Crippen LogP contribution in [0.5, 0.6) is 0 Å². The van der Waals surface area contributed by atoms with Gasteiger partial charge in [0.05, 0.1) is 41.7 Å². The number of morpholine rings is 1. The predicted octanol–water partition coefficient (Wildman–Crippen LogP) is 3.40. The van der Waals surface area contributed by atoms with E-state index in [1.807, 2.05) is 60.4 Å². The number of anilines is 1. The van der Waals surface area contributed by atoms with Crippen LogP contribution in [0.1, 0.15) is 23.6 Å². The van der Waals surface area contributed by atoms with Gasteiger partial charge in [0.2, 0.25) is 11.8 Å². The summed E-state index contributed by atoms with van der Waals surface area (Å²) >= 11 is 1.53. The molecule has 0 radical (unpaired) electrons. The summed E-state index contributed by atoms with van der Waals surface area (Å²) in [6, 6.07) is 15.4. The van der Waals surface area contributed by atoms with Gasteiger partial charge in [-0.1, -0.05) is 24.3 Å². The topological polar surface area (TPSA) is 87.3 Å². The van der Waals surface area contributed by atoms with Crippen molar-refractivity contribution in [1.29, 1.82) is 0 Å². The largest absolute Gasteiger partial charge is 0.378 e. The van der Waals surface area contributed by atoms with E-state index in [2.05, 4.69) is 15.3 Å². The molecule has 2 N–H and O–H groups in total. The molecule has 2 amide bonds. The number of nitrogens with zero attached hydrogens (tertiary/aromatic N) is 2. The van der Waals surface area contributed by atoms with Crippen LogP contribution in [0.3, 0.4) is 0 Å². The van der Waals surface area contributed by atoms with Crippen molar-refractivity contribution in [2.75, 3.05) is 37.4 Å². The number of rotatable bonds is 7. The lowest BCUT2D eigenvalue weighted by molar-refractivity contribution is -0.134. The highest BCUT2D eigenvalue weighted by molar-refractivity contribution is 8.00. The number of H-pyrrole nitrogens is 1. The van der Waals surface area contributed by atoms with Gasteiger partial charge in [0.25, 0.3) is 0 Å². The van der Waals surface area contributed by atoms with Crippen molar-refractivity contribution in [1.82, 2.24) is 14.9 Å². The number of amides is 2. The van der Waals surface area contributed by atoms with Crippen molar-refractivity contribution < 1.29 is 14.3 Å². The quantitative estimate of drug-likeness (QED) is 0.590. The zero-order valence-corrected chi connectivity index (χ0v) is 18.3. The number of carbonyl (C=O) groups is 2. The molecule has 1 fully saturated rings. The van der Waals surface area contributed by atoms with Crippen molar-refractivity contribution in [3.63, 3.8) is 0 Å². The number of fused-ring (bicyclic) bond motifs is 1. The number of thioether (sulfide) groups is 1. The minimum Gasteiger partial charge on any atom is -0.378 e. The van der Waals surface area contributed by atoms with Gasteiger partial charge in [-0.15, -0.1) is 11.8 Å². The molecule has 31 heavy (non-hydrogen) atoms. The number of carbonyl (C=O) groups excluding carboxylic acids is 2. The van der Waals surface area contributed by atoms with E-state index < -0.39 is 0 Å². The molecule has 1 aliphatic heterocycles. The standard InChI is InChI=1S/C23H26N4O3S/c1-16(23-25-19-4-2-3-5-20(19)26-23)31-15-21(28)24-18-8-6-17(7-9-18)14-22(29)27-10-12-30-13-11-27/h2-9,16H,10-15H2,1H3,(H,24,28)(H,25,26). The van der Waals surface area contributed by atoms with Crippen LogP contribution in [-0.2, 0) is 20.7 Å². The van der Waals surface area contributed by atoms with E-state index in [-0.39, 0.29) is 17.1 Å². The van der Waals surface area contributed by atoms with Crippen LogP contribution in [0.25, 0.3) is 11.0 Å². The summed E-state index contributed by atoms with van der Waals surface area (Å²) in [6.07, 6.45) is 0.360. The first kappa shape index (κ1) is 21.4. The first-order valence-corrected chi connectivity index (χ1v) is 11.4. The van der Waals surface area contributed by atoms with Gasteiger partial charge in [-0.05, 0) is 36.8 Å². The second kappa shape index (κ2) is 9.98. The number of benzene rings is 2. The van der Waals surface area contributed by atoms with Gasteiger partial charge < -0.3 is 19.9 Å². The van der Waals surface area contributed by atoms with Gasteiger partial charge in [-0.25, -0.2) is 4.98 Å². The number of aromatic amines is 1. The molecule has 4 rings (SSSR count). The Balaban J connectivity index is 1.25. The number of para-hydroxylation sites is 2. The SMILES string of the molecule is CC(SCC(=O)Nc1ccc(CC(=O)N2CCOCC2)cc1)c1nc2ccccc2[nH]1. The third-order valence-electron chi connectivity index (χ3n) is 5.21. The zero-order chi connectivity index (χ0) is 21.6. The van der Waals surface area contributed by atoms with Crippen molar-refractivity contribution in [2.45, 2.75) is 18.6 Å².